The monoisotopic (exact) mass is 420 g/mol. The Hall–Kier alpha value is -2.05. The standard InChI is InChI=1S/C20H22Cl2N4O2/c21-16-4-3-15(17(22)11-16)12-26-18(5-8-23-26)24-19(27)13-6-9-25(10-7-13)20(28)14-1-2-14/h3-5,8,11,13-14H,1-2,6-7,9-10,12H2,(H,24,27). The fourth-order valence-corrected chi connectivity index (χ4v) is 4.02. The number of amides is 2. The summed E-state index contributed by atoms with van der Waals surface area (Å²) in [5, 5.41) is 8.41. The van der Waals surface area contributed by atoms with Gasteiger partial charge in [-0.25, -0.2) is 4.68 Å². The summed E-state index contributed by atoms with van der Waals surface area (Å²) in [5.74, 6) is 1.01. The first-order valence-electron chi connectivity index (χ1n) is 9.56. The zero-order valence-corrected chi connectivity index (χ0v) is 16.9. The van der Waals surface area contributed by atoms with Gasteiger partial charge >= 0.3 is 0 Å². The molecule has 1 aliphatic heterocycles. The summed E-state index contributed by atoms with van der Waals surface area (Å²) >= 11 is 12.2. The molecule has 28 heavy (non-hydrogen) atoms. The van der Waals surface area contributed by atoms with Crippen LogP contribution in [0.4, 0.5) is 5.82 Å². The van der Waals surface area contributed by atoms with E-state index in [0.29, 0.717) is 48.3 Å². The van der Waals surface area contributed by atoms with Gasteiger partial charge in [0.2, 0.25) is 11.8 Å². The van der Waals surface area contributed by atoms with E-state index < -0.39 is 0 Å². The molecule has 1 saturated carbocycles. The zero-order chi connectivity index (χ0) is 19.7. The number of rotatable bonds is 5. The van der Waals surface area contributed by atoms with Crippen molar-refractivity contribution < 1.29 is 9.59 Å². The van der Waals surface area contributed by atoms with Gasteiger partial charge < -0.3 is 10.2 Å². The van der Waals surface area contributed by atoms with Crippen LogP contribution in [0.25, 0.3) is 0 Å². The molecule has 148 valence electrons. The lowest BCUT2D eigenvalue weighted by Crippen LogP contribution is -2.42. The molecule has 4 rings (SSSR count). The Bertz CT molecular complexity index is 886. The van der Waals surface area contributed by atoms with E-state index in [2.05, 4.69) is 10.4 Å². The topological polar surface area (TPSA) is 67.2 Å². The van der Waals surface area contributed by atoms with Crippen molar-refractivity contribution in [3.8, 4) is 0 Å². The number of likely N-dealkylation sites (tertiary alicyclic amines) is 1. The molecule has 2 aromatic rings. The first-order chi connectivity index (χ1) is 13.5. The van der Waals surface area contributed by atoms with E-state index in [1.807, 2.05) is 11.0 Å². The SMILES string of the molecule is O=C(Nc1ccnn1Cc1ccc(Cl)cc1Cl)C1CCN(C(=O)C2CC2)CC1. The van der Waals surface area contributed by atoms with Gasteiger partial charge in [-0.05, 0) is 43.4 Å². The second-order valence-corrected chi connectivity index (χ2v) is 8.32. The van der Waals surface area contributed by atoms with E-state index in [4.69, 9.17) is 23.2 Å². The lowest BCUT2D eigenvalue weighted by molar-refractivity contribution is -0.135. The Morgan fingerprint density at radius 1 is 1.07 bits per heavy atom. The first-order valence-corrected chi connectivity index (χ1v) is 10.3. The molecular formula is C20H22Cl2N4O2. The molecule has 1 N–H and O–H groups in total. The minimum absolute atomic E-state index is 0.0255. The summed E-state index contributed by atoms with van der Waals surface area (Å²) in [4.78, 5) is 26.8. The number of hydrogen-bond acceptors (Lipinski definition) is 3. The molecule has 0 unspecified atom stereocenters. The molecule has 2 amide bonds. The van der Waals surface area contributed by atoms with Crippen molar-refractivity contribution in [2.75, 3.05) is 18.4 Å². The van der Waals surface area contributed by atoms with Gasteiger partial charge in [-0.1, -0.05) is 29.3 Å². The Morgan fingerprint density at radius 2 is 1.82 bits per heavy atom. The van der Waals surface area contributed by atoms with Crippen molar-refractivity contribution in [3.05, 3.63) is 46.1 Å². The largest absolute Gasteiger partial charge is 0.342 e. The molecule has 2 heterocycles. The predicted molar refractivity (Wildman–Crippen MR) is 108 cm³/mol. The number of benzene rings is 1. The van der Waals surface area contributed by atoms with Crippen molar-refractivity contribution in [2.45, 2.75) is 32.2 Å². The van der Waals surface area contributed by atoms with Crippen LogP contribution in [0, 0.1) is 11.8 Å². The number of nitrogens with zero attached hydrogens (tertiary/aromatic N) is 3. The van der Waals surface area contributed by atoms with Crippen LogP contribution >= 0.6 is 23.2 Å². The number of nitrogens with one attached hydrogen (secondary N) is 1. The van der Waals surface area contributed by atoms with Crippen molar-refractivity contribution in [1.82, 2.24) is 14.7 Å². The second kappa shape index (κ2) is 8.13. The minimum atomic E-state index is -0.0919. The maximum atomic E-state index is 12.7. The van der Waals surface area contributed by atoms with Crippen LogP contribution in [0.1, 0.15) is 31.2 Å². The molecule has 2 aliphatic rings. The summed E-state index contributed by atoms with van der Waals surface area (Å²) in [5.41, 5.74) is 0.872. The summed E-state index contributed by atoms with van der Waals surface area (Å²) in [7, 11) is 0. The maximum Gasteiger partial charge on any atom is 0.228 e. The Morgan fingerprint density at radius 3 is 2.50 bits per heavy atom. The van der Waals surface area contributed by atoms with Gasteiger partial charge in [-0.3, -0.25) is 9.59 Å². The molecule has 0 bridgehead atoms. The first kappa shape index (κ1) is 19.3. The molecule has 1 aromatic heterocycles. The molecule has 1 saturated heterocycles. The van der Waals surface area contributed by atoms with Crippen molar-refractivity contribution >= 4 is 40.8 Å². The van der Waals surface area contributed by atoms with Gasteiger partial charge in [-0.15, -0.1) is 0 Å². The summed E-state index contributed by atoms with van der Waals surface area (Å²) < 4.78 is 1.71. The van der Waals surface area contributed by atoms with Crippen molar-refractivity contribution in [1.29, 1.82) is 0 Å². The van der Waals surface area contributed by atoms with Crippen LogP contribution in [-0.2, 0) is 16.1 Å². The van der Waals surface area contributed by atoms with Crippen LogP contribution in [-0.4, -0.2) is 39.6 Å². The van der Waals surface area contributed by atoms with Crippen molar-refractivity contribution in [2.24, 2.45) is 11.8 Å². The highest BCUT2D eigenvalue weighted by Gasteiger charge is 2.36. The van der Waals surface area contributed by atoms with Gasteiger partial charge in [-0.2, -0.15) is 5.10 Å². The van der Waals surface area contributed by atoms with Gasteiger partial charge in [0.05, 0.1) is 12.7 Å². The number of hydrogen-bond donors (Lipinski definition) is 1. The van der Waals surface area contributed by atoms with Crippen LogP contribution in [0.5, 0.6) is 0 Å². The summed E-state index contributed by atoms with van der Waals surface area (Å²) in [6, 6.07) is 7.09. The normalized spacial score (nSPS) is 17.6. The lowest BCUT2D eigenvalue weighted by Gasteiger charge is -2.31. The third kappa shape index (κ3) is 4.33. The number of carbonyl (C=O) groups is 2. The number of aromatic nitrogens is 2. The zero-order valence-electron chi connectivity index (χ0n) is 15.4. The van der Waals surface area contributed by atoms with Gasteiger partial charge in [0.25, 0.3) is 0 Å². The van der Waals surface area contributed by atoms with Crippen LogP contribution in [0.2, 0.25) is 10.0 Å². The Balaban J connectivity index is 1.35. The average Bonchev–Trinajstić information content (AvgIpc) is 3.45. The van der Waals surface area contributed by atoms with Crippen LogP contribution in [0.3, 0.4) is 0 Å². The number of halogens is 2. The third-order valence-corrected chi connectivity index (χ3v) is 5.99. The minimum Gasteiger partial charge on any atom is -0.342 e. The van der Waals surface area contributed by atoms with Crippen LogP contribution in [0.15, 0.2) is 30.5 Å². The highest BCUT2D eigenvalue weighted by Crippen LogP contribution is 2.32. The van der Waals surface area contributed by atoms with E-state index in [1.54, 1.807) is 29.1 Å². The molecule has 1 aliphatic carbocycles. The predicted octanol–water partition coefficient (Wildman–Crippen LogP) is 3.83. The Labute approximate surface area is 173 Å². The van der Waals surface area contributed by atoms with Gasteiger partial charge in [0, 0.05) is 41.0 Å². The van der Waals surface area contributed by atoms with Crippen LogP contribution < -0.4 is 5.32 Å². The highest BCUT2D eigenvalue weighted by atomic mass is 35.5. The fourth-order valence-electron chi connectivity index (χ4n) is 3.55. The van der Waals surface area contributed by atoms with Crippen molar-refractivity contribution in [3.63, 3.8) is 0 Å². The van der Waals surface area contributed by atoms with Gasteiger partial charge in [0.15, 0.2) is 0 Å². The van der Waals surface area contributed by atoms with E-state index in [1.165, 1.54) is 0 Å². The molecular weight excluding hydrogens is 399 g/mol. The molecule has 1 aromatic carbocycles. The molecule has 0 atom stereocenters. The third-order valence-electron chi connectivity index (χ3n) is 5.41. The Kier molecular flexibility index (Phi) is 5.60. The molecule has 0 radical (unpaired) electrons. The lowest BCUT2D eigenvalue weighted by atomic mass is 9.95. The molecule has 2 fully saturated rings. The maximum absolute atomic E-state index is 12.7. The highest BCUT2D eigenvalue weighted by molar-refractivity contribution is 6.35. The molecule has 8 heteroatoms. The quantitative estimate of drug-likeness (QED) is 0.798. The fraction of sp³-hybridized carbons (Fsp3) is 0.450. The van der Waals surface area contributed by atoms with E-state index >= 15 is 0 Å². The molecule has 6 nitrogen and oxygen atoms in total. The number of piperidine rings is 1. The van der Waals surface area contributed by atoms with E-state index in [0.717, 1.165) is 18.4 Å². The summed E-state index contributed by atoms with van der Waals surface area (Å²) in [6.07, 6.45) is 5.07. The second-order valence-electron chi connectivity index (χ2n) is 7.47. The smallest absolute Gasteiger partial charge is 0.228 e. The number of anilines is 1. The molecule has 0 spiro atoms. The van der Waals surface area contributed by atoms with E-state index in [9.17, 15) is 9.59 Å². The van der Waals surface area contributed by atoms with E-state index in [-0.39, 0.29) is 23.7 Å². The van der Waals surface area contributed by atoms with Gasteiger partial charge in [0.1, 0.15) is 5.82 Å². The summed E-state index contributed by atoms with van der Waals surface area (Å²) in [6.45, 7) is 1.76. The number of carbonyl (C=O) groups excluding carboxylic acids is 2. The average molecular weight is 421 g/mol.